The fourth-order valence-corrected chi connectivity index (χ4v) is 4.99. The van der Waals surface area contributed by atoms with E-state index in [0.29, 0.717) is 13.1 Å². The van der Waals surface area contributed by atoms with Gasteiger partial charge in [0.15, 0.2) is 0 Å². The molecule has 3 rings (SSSR count). The van der Waals surface area contributed by atoms with Gasteiger partial charge < -0.3 is 4.90 Å². The Labute approximate surface area is 152 Å². The molecule has 0 aromatic heterocycles. The number of carbonyl (C=O) groups is 1. The predicted octanol–water partition coefficient (Wildman–Crippen LogP) is 3.45. The summed E-state index contributed by atoms with van der Waals surface area (Å²) in [6.45, 7) is 1.33. The molecule has 132 valence electrons. The maximum absolute atomic E-state index is 12.8. The standard InChI is InChI=1S/C16H20Cl2N2O3S/c17-13-10-14(18)15(24(22,23)19-11-5-6-11)9-12(13)16(21)20-7-3-1-2-4-8-20/h9-11,19H,1-8H2. The molecule has 8 heteroatoms. The van der Waals surface area contributed by atoms with E-state index in [9.17, 15) is 13.2 Å². The van der Waals surface area contributed by atoms with E-state index in [-0.39, 0.29) is 32.5 Å². The molecule has 1 aliphatic carbocycles. The SMILES string of the molecule is O=C(c1cc(S(=O)(=O)NC2CC2)c(Cl)cc1Cl)N1CCCCCC1. The number of benzene rings is 1. The zero-order valence-corrected chi connectivity index (χ0v) is 15.6. The third-order valence-electron chi connectivity index (χ3n) is 4.33. The van der Waals surface area contributed by atoms with Gasteiger partial charge in [-0.3, -0.25) is 4.79 Å². The molecule has 1 saturated carbocycles. The fourth-order valence-electron chi connectivity index (χ4n) is 2.83. The van der Waals surface area contributed by atoms with Crippen molar-refractivity contribution in [2.75, 3.05) is 13.1 Å². The van der Waals surface area contributed by atoms with E-state index in [0.717, 1.165) is 38.5 Å². The summed E-state index contributed by atoms with van der Waals surface area (Å²) in [6, 6.07) is 2.62. The summed E-state index contributed by atoms with van der Waals surface area (Å²) in [5.41, 5.74) is 0.194. The Hall–Kier alpha value is -0.820. The summed E-state index contributed by atoms with van der Waals surface area (Å²) in [7, 11) is -3.75. The van der Waals surface area contributed by atoms with Crippen LogP contribution in [0.3, 0.4) is 0 Å². The fraction of sp³-hybridized carbons (Fsp3) is 0.562. The van der Waals surface area contributed by atoms with Crippen LogP contribution in [0.2, 0.25) is 10.0 Å². The highest BCUT2D eigenvalue weighted by Gasteiger charge is 2.31. The van der Waals surface area contributed by atoms with Gasteiger partial charge in [-0.15, -0.1) is 0 Å². The quantitative estimate of drug-likeness (QED) is 0.855. The number of likely N-dealkylation sites (tertiary alicyclic amines) is 1. The Bertz CT molecular complexity index is 740. The molecule has 1 amide bonds. The molecule has 0 radical (unpaired) electrons. The number of amides is 1. The van der Waals surface area contributed by atoms with Crippen molar-refractivity contribution in [3.05, 3.63) is 27.7 Å². The zero-order chi connectivity index (χ0) is 17.3. The molecule has 1 heterocycles. The summed E-state index contributed by atoms with van der Waals surface area (Å²) < 4.78 is 27.5. The van der Waals surface area contributed by atoms with Gasteiger partial charge in [0, 0.05) is 19.1 Å². The molecule has 1 saturated heterocycles. The van der Waals surface area contributed by atoms with E-state index in [2.05, 4.69) is 4.72 Å². The van der Waals surface area contributed by atoms with Gasteiger partial charge in [-0.1, -0.05) is 36.0 Å². The van der Waals surface area contributed by atoms with Gasteiger partial charge in [-0.05, 0) is 37.8 Å². The van der Waals surface area contributed by atoms with Crippen molar-refractivity contribution in [1.29, 1.82) is 0 Å². The van der Waals surface area contributed by atoms with E-state index >= 15 is 0 Å². The molecule has 0 bridgehead atoms. The number of nitrogens with one attached hydrogen (secondary N) is 1. The smallest absolute Gasteiger partial charge is 0.255 e. The lowest BCUT2D eigenvalue weighted by molar-refractivity contribution is 0.0761. The molecule has 1 aromatic rings. The third-order valence-corrected chi connectivity index (χ3v) is 6.63. The summed E-state index contributed by atoms with van der Waals surface area (Å²) >= 11 is 12.3. The highest BCUT2D eigenvalue weighted by molar-refractivity contribution is 7.89. The van der Waals surface area contributed by atoms with Crippen molar-refractivity contribution in [3.63, 3.8) is 0 Å². The van der Waals surface area contributed by atoms with Gasteiger partial charge in [0.05, 0.1) is 15.6 Å². The Morgan fingerprint density at radius 1 is 1.04 bits per heavy atom. The van der Waals surface area contributed by atoms with Crippen LogP contribution in [0.25, 0.3) is 0 Å². The van der Waals surface area contributed by atoms with Gasteiger partial charge in [0.1, 0.15) is 4.90 Å². The molecule has 0 atom stereocenters. The first-order valence-corrected chi connectivity index (χ1v) is 10.4. The number of hydrogen-bond donors (Lipinski definition) is 1. The molecular formula is C16H20Cl2N2O3S. The van der Waals surface area contributed by atoms with Crippen molar-refractivity contribution in [1.82, 2.24) is 9.62 Å². The molecule has 1 aromatic carbocycles. The van der Waals surface area contributed by atoms with Crippen molar-refractivity contribution >= 4 is 39.1 Å². The molecule has 2 fully saturated rings. The highest BCUT2D eigenvalue weighted by atomic mass is 35.5. The first-order chi connectivity index (χ1) is 11.4. The lowest BCUT2D eigenvalue weighted by Gasteiger charge is -2.21. The van der Waals surface area contributed by atoms with Crippen molar-refractivity contribution in [2.24, 2.45) is 0 Å². The molecular weight excluding hydrogens is 371 g/mol. The van der Waals surface area contributed by atoms with Crippen LogP contribution in [0.4, 0.5) is 0 Å². The topological polar surface area (TPSA) is 66.5 Å². The molecule has 24 heavy (non-hydrogen) atoms. The van der Waals surface area contributed by atoms with Gasteiger partial charge in [-0.25, -0.2) is 13.1 Å². The van der Waals surface area contributed by atoms with E-state index in [1.165, 1.54) is 12.1 Å². The second kappa shape index (κ2) is 7.20. The van der Waals surface area contributed by atoms with E-state index in [1.807, 2.05) is 0 Å². The normalized spacial score (nSPS) is 19.2. The van der Waals surface area contributed by atoms with Gasteiger partial charge >= 0.3 is 0 Å². The highest BCUT2D eigenvalue weighted by Crippen LogP contribution is 2.31. The Kier molecular flexibility index (Phi) is 5.39. The second-order valence-electron chi connectivity index (χ2n) is 6.36. The number of halogens is 2. The molecule has 0 unspecified atom stereocenters. The summed E-state index contributed by atoms with van der Waals surface area (Å²) in [6.07, 6.45) is 5.75. The van der Waals surface area contributed by atoms with Gasteiger partial charge in [0.2, 0.25) is 10.0 Å². The number of carbonyl (C=O) groups excluding carboxylic acids is 1. The van der Waals surface area contributed by atoms with Crippen LogP contribution >= 0.6 is 23.2 Å². The first-order valence-electron chi connectivity index (χ1n) is 8.19. The predicted molar refractivity (Wildman–Crippen MR) is 94.2 cm³/mol. The van der Waals surface area contributed by atoms with Crippen LogP contribution in [-0.4, -0.2) is 38.4 Å². The molecule has 0 spiro atoms. The van der Waals surface area contributed by atoms with Crippen LogP contribution in [0.1, 0.15) is 48.9 Å². The maximum atomic E-state index is 12.8. The average Bonchev–Trinajstić information content (AvgIpc) is 3.32. The summed E-state index contributed by atoms with van der Waals surface area (Å²) in [5, 5.41) is 0.209. The minimum absolute atomic E-state index is 0.0283. The largest absolute Gasteiger partial charge is 0.339 e. The van der Waals surface area contributed by atoms with Crippen molar-refractivity contribution in [3.8, 4) is 0 Å². The van der Waals surface area contributed by atoms with Crippen LogP contribution in [0, 0.1) is 0 Å². The van der Waals surface area contributed by atoms with Crippen LogP contribution in [-0.2, 0) is 10.0 Å². The number of sulfonamides is 1. The van der Waals surface area contributed by atoms with Crippen LogP contribution in [0.15, 0.2) is 17.0 Å². The van der Waals surface area contributed by atoms with Gasteiger partial charge in [-0.2, -0.15) is 0 Å². The minimum atomic E-state index is -3.75. The number of hydrogen-bond acceptors (Lipinski definition) is 3. The summed E-state index contributed by atoms with van der Waals surface area (Å²) in [4.78, 5) is 14.4. The van der Waals surface area contributed by atoms with E-state index < -0.39 is 10.0 Å². The molecule has 1 N–H and O–H groups in total. The molecule has 2 aliphatic rings. The Morgan fingerprint density at radius 3 is 2.25 bits per heavy atom. The van der Waals surface area contributed by atoms with Crippen LogP contribution in [0.5, 0.6) is 0 Å². The van der Waals surface area contributed by atoms with Gasteiger partial charge in [0.25, 0.3) is 5.91 Å². The van der Waals surface area contributed by atoms with Crippen molar-refractivity contribution < 1.29 is 13.2 Å². The zero-order valence-electron chi connectivity index (χ0n) is 13.2. The third kappa shape index (κ3) is 4.04. The monoisotopic (exact) mass is 390 g/mol. The van der Waals surface area contributed by atoms with Crippen molar-refractivity contribution in [2.45, 2.75) is 49.5 Å². The number of nitrogens with zero attached hydrogens (tertiary/aromatic N) is 1. The average molecular weight is 391 g/mol. The molecule has 1 aliphatic heterocycles. The summed E-state index contributed by atoms with van der Waals surface area (Å²) in [5.74, 6) is -0.235. The lowest BCUT2D eigenvalue weighted by atomic mass is 10.2. The molecule has 5 nitrogen and oxygen atoms in total. The Morgan fingerprint density at radius 2 is 1.67 bits per heavy atom. The maximum Gasteiger partial charge on any atom is 0.255 e. The Balaban J connectivity index is 1.92. The lowest BCUT2D eigenvalue weighted by Crippen LogP contribution is -2.32. The minimum Gasteiger partial charge on any atom is -0.339 e. The first kappa shape index (κ1) is 18.0. The number of rotatable bonds is 4. The van der Waals surface area contributed by atoms with E-state index in [4.69, 9.17) is 23.2 Å². The second-order valence-corrected chi connectivity index (χ2v) is 8.86. The van der Waals surface area contributed by atoms with Crippen LogP contribution < -0.4 is 4.72 Å². The van der Waals surface area contributed by atoms with E-state index in [1.54, 1.807) is 4.90 Å².